The second-order valence-electron chi connectivity index (χ2n) is 11.5. The Labute approximate surface area is 262 Å². The highest BCUT2D eigenvalue weighted by molar-refractivity contribution is 7.22. The lowest BCUT2D eigenvalue weighted by Crippen LogP contribution is -1.93. The van der Waals surface area contributed by atoms with Gasteiger partial charge in [0.1, 0.15) is 16.2 Å². The molecule has 0 amide bonds. The minimum absolute atomic E-state index is 0.869. The van der Waals surface area contributed by atoms with E-state index < -0.39 is 0 Å². The predicted molar refractivity (Wildman–Crippen MR) is 190 cm³/mol. The highest BCUT2D eigenvalue weighted by Gasteiger charge is 2.20. The molecule has 3 aromatic heterocycles. The van der Waals surface area contributed by atoms with Crippen LogP contribution < -0.4 is 0 Å². The monoisotopic (exact) mass is 592 g/mol. The van der Waals surface area contributed by atoms with Crippen LogP contribution in [0.2, 0.25) is 0 Å². The van der Waals surface area contributed by atoms with Crippen LogP contribution in [0.3, 0.4) is 0 Å². The molecule has 0 aliphatic carbocycles. The third-order valence-corrected chi connectivity index (χ3v) is 10.2. The van der Waals surface area contributed by atoms with Crippen molar-refractivity contribution in [2.24, 2.45) is 0 Å². The van der Waals surface area contributed by atoms with E-state index in [0.29, 0.717) is 0 Å². The molecule has 0 unspecified atom stereocenters. The number of furan rings is 1. The van der Waals surface area contributed by atoms with Crippen LogP contribution in [0.5, 0.6) is 0 Å². The van der Waals surface area contributed by atoms with Gasteiger partial charge in [-0.05, 0) is 64.9 Å². The summed E-state index contributed by atoms with van der Waals surface area (Å²) in [7, 11) is 0. The van der Waals surface area contributed by atoms with Crippen LogP contribution in [0.4, 0.5) is 0 Å². The average Bonchev–Trinajstić information content (AvgIpc) is 3.80. The van der Waals surface area contributed by atoms with Gasteiger partial charge in [-0.15, -0.1) is 11.3 Å². The molecule has 0 spiro atoms. The second-order valence-corrected chi connectivity index (χ2v) is 12.5. The van der Waals surface area contributed by atoms with Gasteiger partial charge in [0, 0.05) is 33.0 Å². The smallest absolute Gasteiger partial charge is 0.138 e. The van der Waals surface area contributed by atoms with E-state index in [9.17, 15) is 0 Å². The van der Waals surface area contributed by atoms with Crippen molar-refractivity contribution < 1.29 is 4.42 Å². The lowest BCUT2D eigenvalue weighted by atomic mass is 10.0. The van der Waals surface area contributed by atoms with Gasteiger partial charge >= 0.3 is 0 Å². The van der Waals surface area contributed by atoms with Crippen LogP contribution in [-0.2, 0) is 0 Å². The molecule has 0 saturated heterocycles. The van der Waals surface area contributed by atoms with Crippen LogP contribution in [-0.4, -0.2) is 9.55 Å². The number of aromatic nitrogens is 2. The van der Waals surface area contributed by atoms with E-state index >= 15 is 0 Å². The molecule has 4 heteroatoms. The largest absolute Gasteiger partial charge is 0.456 e. The van der Waals surface area contributed by atoms with Crippen molar-refractivity contribution in [3.63, 3.8) is 0 Å². The van der Waals surface area contributed by atoms with Gasteiger partial charge in [-0.3, -0.25) is 0 Å². The maximum Gasteiger partial charge on any atom is 0.138 e. The first kappa shape index (κ1) is 24.7. The molecule has 0 fully saturated rings. The fourth-order valence-electron chi connectivity index (χ4n) is 7.01. The first-order valence-electron chi connectivity index (χ1n) is 15.1. The van der Waals surface area contributed by atoms with Gasteiger partial charge in [0.25, 0.3) is 0 Å². The summed E-state index contributed by atoms with van der Waals surface area (Å²) in [5, 5.41) is 8.28. The molecule has 45 heavy (non-hydrogen) atoms. The molecule has 210 valence electrons. The zero-order valence-electron chi connectivity index (χ0n) is 24.1. The molecule has 0 N–H and O–H groups in total. The molecular formula is C41H24N2OS. The fourth-order valence-corrected chi connectivity index (χ4v) is 8.12. The molecular weight excluding hydrogens is 569 g/mol. The van der Waals surface area contributed by atoms with E-state index in [1.807, 2.05) is 12.1 Å². The fraction of sp³-hybridized carbons (Fsp3) is 0. The Morgan fingerprint density at radius 2 is 1.27 bits per heavy atom. The number of hydrogen-bond donors (Lipinski definition) is 0. The third kappa shape index (κ3) is 3.60. The lowest BCUT2D eigenvalue weighted by molar-refractivity contribution is 0.669. The van der Waals surface area contributed by atoms with E-state index in [0.717, 1.165) is 54.8 Å². The topological polar surface area (TPSA) is 31.0 Å². The second kappa shape index (κ2) is 9.39. The molecule has 0 atom stereocenters. The summed E-state index contributed by atoms with van der Waals surface area (Å²) in [6, 6.07) is 51.7. The Balaban J connectivity index is 1.17. The summed E-state index contributed by atoms with van der Waals surface area (Å²) >= 11 is 1.75. The van der Waals surface area contributed by atoms with E-state index in [1.54, 1.807) is 11.3 Å². The maximum atomic E-state index is 6.35. The maximum absolute atomic E-state index is 6.35. The molecule has 7 aromatic carbocycles. The Kier molecular flexibility index (Phi) is 5.16. The zero-order valence-corrected chi connectivity index (χ0v) is 24.9. The molecule has 3 nitrogen and oxygen atoms in total. The standard InChI is InChI=1S/C41H24N2OS/c1-2-10-25(11-3-1)32-24-36-38(31-15-7-9-17-35(31)44-36)39-40(32)45-41(42-39)27-18-21-28(22-19-27)43-33-16-8-6-14-30(33)37-29-13-5-4-12-26(29)20-23-34(37)43/h1-24H. The Morgan fingerprint density at radius 3 is 2.13 bits per heavy atom. The number of hydrogen-bond acceptors (Lipinski definition) is 3. The van der Waals surface area contributed by atoms with E-state index in [-0.39, 0.29) is 0 Å². The van der Waals surface area contributed by atoms with Crippen LogP contribution in [0.25, 0.3) is 92.1 Å². The normalized spacial score (nSPS) is 12.0. The van der Waals surface area contributed by atoms with E-state index in [4.69, 9.17) is 9.40 Å². The molecule has 0 radical (unpaired) electrons. The van der Waals surface area contributed by atoms with Crippen molar-refractivity contribution in [2.75, 3.05) is 0 Å². The molecule has 0 aliphatic heterocycles. The number of benzene rings is 7. The van der Waals surface area contributed by atoms with Crippen molar-refractivity contribution in [3.8, 4) is 27.4 Å². The van der Waals surface area contributed by atoms with Crippen molar-refractivity contribution in [1.82, 2.24) is 9.55 Å². The van der Waals surface area contributed by atoms with Gasteiger partial charge in [0.05, 0.1) is 26.6 Å². The molecule has 0 bridgehead atoms. The molecule has 0 saturated carbocycles. The van der Waals surface area contributed by atoms with Gasteiger partial charge in [-0.1, -0.05) is 97.1 Å². The van der Waals surface area contributed by atoms with E-state index in [1.165, 1.54) is 37.3 Å². The number of rotatable bonds is 3. The van der Waals surface area contributed by atoms with Crippen LogP contribution in [0.15, 0.2) is 150 Å². The van der Waals surface area contributed by atoms with Crippen LogP contribution >= 0.6 is 11.3 Å². The van der Waals surface area contributed by atoms with Gasteiger partial charge in [0.15, 0.2) is 0 Å². The summed E-state index contributed by atoms with van der Waals surface area (Å²) in [5.74, 6) is 0. The minimum atomic E-state index is 0.869. The van der Waals surface area contributed by atoms with Crippen LogP contribution in [0, 0.1) is 0 Å². The van der Waals surface area contributed by atoms with E-state index in [2.05, 4.69) is 138 Å². The summed E-state index contributed by atoms with van der Waals surface area (Å²) < 4.78 is 9.91. The first-order valence-corrected chi connectivity index (χ1v) is 16.0. The van der Waals surface area contributed by atoms with Gasteiger partial charge in [0.2, 0.25) is 0 Å². The van der Waals surface area contributed by atoms with Gasteiger partial charge in [-0.25, -0.2) is 4.98 Å². The highest BCUT2D eigenvalue weighted by atomic mass is 32.1. The molecule has 10 rings (SSSR count). The SMILES string of the molecule is c1ccc(-c2cc3oc4ccccc4c3c3nc(-c4ccc(-n5c6ccccc6c6c7ccccc7ccc65)cc4)sc23)cc1. The number of fused-ring (bicyclic) bond motifs is 10. The summed E-state index contributed by atoms with van der Waals surface area (Å²) in [6.07, 6.45) is 0. The predicted octanol–water partition coefficient (Wildman–Crippen LogP) is 11.8. The van der Waals surface area contributed by atoms with Crippen molar-refractivity contribution in [2.45, 2.75) is 0 Å². The van der Waals surface area contributed by atoms with Gasteiger partial charge in [-0.2, -0.15) is 0 Å². The highest BCUT2D eigenvalue weighted by Crippen LogP contribution is 2.44. The zero-order chi connectivity index (χ0) is 29.5. The molecule has 0 aliphatic rings. The molecule has 10 aromatic rings. The quantitative estimate of drug-likeness (QED) is 0.204. The summed E-state index contributed by atoms with van der Waals surface area (Å²) in [6.45, 7) is 0. The third-order valence-electron chi connectivity index (χ3n) is 9.03. The lowest BCUT2D eigenvalue weighted by Gasteiger charge is -2.09. The minimum Gasteiger partial charge on any atom is -0.456 e. The number of nitrogens with zero attached hydrogens (tertiary/aromatic N) is 2. The number of para-hydroxylation sites is 2. The Morgan fingerprint density at radius 1 is 0.533 bits per heavy atom. The van der Waals surface area contributed by atoms with Crippen molar-refractivity contribution in [1.29, 1.82) is 0 Å². The van der Waals surface area contributed by atoms with Crippen LogP contribution in [0.1, 0.15) is 0 Å². The van der Waals surface area contributed by atoms with Crippen molar-refractivity contribution in [3.05, 3.63) is 146 Å². The van der Waals surface area contributed by atoms with Crippen molar-refractivity contribution >= 4 is 76.1 Å². The number of thiazole rings is 1. The average molecular weight is 593 g/mol. The summed E-state index contributed by atoms with van der Waals surface area (Å²) in [5.41, 5.74) is 9.72. The Bertz CT molecular complexity index is 2750. The van der Waals surface area contributed by atoms with Gasteiger partial charge < -0.3 is 8.98 Å². The Hall–Kier alpha value is -5.71. The first-order chi connectivity index (χ1) is 22.3. The molecule has 3 heterocycles. The summed E-state index contributed by atoms with van der Waals surface area (Å²) in [4.78, 5) is 5.30.